The van der Waals surface area contributed by atoms with Gasteiger partial charge in [0.05, 0.1) is 29.5 Å². The van der Waals surface area contributed by atoms with E-state index in [4.69, 9.17) is 38.9 Å². The molecular weight excluding hydrogens is 1380 g/mol. The average Bonchev–Trinajstić information content (AvgIpc) is 1.02. The number of nitrogens with two attached hydrogens (primary N) is 1. The maximum atomic E-state index is 16.6. The van der Waals surface area contributed by atoms with Crippen molar-refractivity contribution in [1.29, 1.82) is 0 Å². The van der Waals surface area contributed by atoms with Gasteiger partial charge in [-0.2, -0.15) is 0 Å². The first kappa shape index (κ1) is 78.8. The molecule has 0 unspecified atom stereocenters. The number of aliphatic hydroxyl groups excluding tert-OH is 1. The zero-order valence-corrected chi connectivity index (χ0v) is 60.4. The summed E-state index contributed by atoms with van der Waals surface area (Å²) in [5.74, 6) is -10.1. The fraction of sp³-hybridized carbons (Fsp3) is 0.425. The number of carbonyl (C=O) groups is 12. The Kier molecular flexibility index (Phi) is 25.2. The van der Waals surface area contributed by atoms with Crippen molar-refractivity contribution < 1.29 is 101 Å². The molecule has 2 heterocycles. The number of esters is 4. The monoisotopic (exact) mass is 1470 g/mol. The Labute approximate surface area is 618 Å². The number of unbranched alkanes of at least 4 members (excludes halogenated alkanes) is 3. The van der Waals surface area contributed by atoms with Crippen LogP contribution in [0.15, 0.2) is 169 Å². The average molecular weight is 1470 g/mol. The van der Waals surface area contributed by atoms with Crippen molar-refractivity contribution in [3.8, 4) is 0 Å². The molecule has 566 valence electrons. The fourth-order valence-corrected chi connectivity index (χ4v) is 15.3. The van der Waals surface area contributed by atoms with Gasteiger partial charge >= 0.3 is 30.0 Å². The highest BCUT2D eigenvalue weighted by Crippen LogP contribution is 2.65. The van der Waals surface area contributed by atoms with E-state index in [0.29, 0.717) is 49.8 Å². The molecule has 2 bridgehead atoms. The molecule has 8 N–H and O–H groups in total. The summed E-state index contributed by atoms with van der Waals surface area (Å²) in [7, 11) is 0. The third kappa shape index (κ3) is 17.6. The molecule has 5 aliphatic rings. The Hall–Kier alpha value is -10.7. The van der Waals surface area contributed by atoms with Gasteiger partial charge in [-0.3, -0.25) is 48.1 Å². The van der Waals surface area contributed by atoms with E-state index < -0.39 is 168 Å². The van der Waals surface area contributed by atoms with Crippen molar-refractivity contribution in [2.45, 2.75) is 178 Å². The second-order valence-corrected chi connectivity index (χ2v) is 28.3. The van der Waals surface area contributed by atoms with Gasteiger partial charge in [-0.1, -0.05) is 129 Å². The predicted molar refractivity (Wildman–Crippen MR) is 383 cm³/mol. The van der Waals surface area contributed by atoms with E-state index in [9.17, 15) is 63.0 Å². The molecule has 107 heavy (non-hydrogen) atoms. The van der Waals surface area contributed by atoms with Crippen LogP contribution in [0.25, 0.3) is 0 Å². The van der Waals surface area contributed by atoms with E-state index in [1.54, 1.807) is 91.0 Å². The van der Waals surface area contributed by atoms with Crippen molar-refractivity contribution >= 4 is 76.9 Å². The van der Waals surface area contributed by atoms with Gasteiger partial charge in [0.1, 0.15) is 48.7 Å². The van der Waals surface area contributed by atoms with Crippen molar-refractivity contribution in [3.05, 3.63) is 197 Å². The predicted octanol–water partition coefficient (Wildman–Crippen LogP) is 6.86. The summed E-state index contributed by atoms with van der Waals surface area (Å²) < 4.78 is 43.4. The van der Waals surface area contributed by atoms with Gasteiger partial charge in [-0.15, -0.1) is 0 Å². The number of nitrogens with zero attached hydrogens (tertiary/aromatic N) is 1. The zero-order valence-electron chi connectivity index (χ0n) is 60.4. The lowest BCUT2D eigenvalue weighted by atomic mass is 9.44. The molecule has 3 aliphatic carbocycles. The van der Waals surface area contributed by atoms with Gasteiger partial charge in [0.25, 0.3) is 17.7 Å². The highest BCUT2D eigenvalue weighted by Gasteiger charge is 2.79. The number of anilines is 1. The maximum Gasteiger partial charge on any atom is 0.508 e. The van der Waals surface area contributed by atoms with Crippen LogP contribution in [0.3, 0.4) is 0 Å². The minimum absolute atomic E-state index is 0.0291. The minimum atomic E-state index is -2.59. The molecule has 5 aromatic rings. The molecule has 2 saturated carbocycles. The first-order valence-electron chi connectivity index (χ1n) is 35.7. The summed E-state index contributed by atoms with van der Waals surface area (Å²) in [4.78, 5) is 169. The van der Waals surface area contributed by atoms with Crippen LogP contribution in [0.2, 0.25) is 0 Å². The molecule has 6 amide bonds. The molecule has 27 heteroatoms. The van der Waals surface area contributed by atoms with Crippen LogP contribution < -0.4 is 27.0 Å². The summed E-state index contributed by atoms with van der Waals surface area (Å²) in [6, 6.07) is 35.3. The summed E-state index contributed by atoms with van der Waals surface area (Å²) in [6.45, 7) is 7.58. The number of nitrogens with one attached hydrogen (secondary N) is 4. The minimum Gasteiger partial charge on any atom is -0.456 e. The van der Waals surface area contributed by atoms with E-state index in [0.717, 1.165) is 24.3 Å². The van der Waals surface area contributed by atoms with Crippen LogP contribution in [0.1, 0.15) is 143 Å². The van der Waals surface area contributed by atoms with E-state index >= 15 is 4.79 Å². The third-order valence-electron chi connectivity index (χ3n) is 21.0. The number of ketones is 1. The molecule has 0 radical (unpaired) electrons. The van der Waals surface area contributed by atoms with Crippen molar-refractivity contribution in [2.24, 2.45) is 22.5 Å². The van der Waals surface area contributed by atoms with Gasteiger partial charge in [-0.25, -0.2) is 14.4 Å². The molecule has 5 aromatic carbocycles. The van der Waals surface area contributed by atoms with Crippen molar-refractivity contribution in [3.63, 3.8) is 0 Å². The van der Waals surface area contributed by atoms with E-state index in [2.05, 4.69) is 21.3 Å². The van der Waals surface area contributed by atoms with E-state index in [1.807, 2.05) is 6.07 Å². The second-order valence-electron chi connectivity index (χ2n) is 28.3. The summed E-state index contributed by atoms with van der Waals surface area (Å²) in [5.41, 5.74) is -1.14. The van der Waals surface area contributed by atoms with E-state index in [-0.39, 0.29) is 65.6 Å². The van der Waals surface area contributed by atoms with Crippen LogP contribution in [-0.4, -0.2) is 166 Å². The van der Waals surface area contributed by atoms with E-state index in [1.165, 1.54) is 88.4 Å². The lowest BCUT2D eigenvalue weighted by molar-refractivity contribution is -0.346. The number of aliphatic hydroxyl groups is 2. The molecule has 2 aliphatic heterocycles. The summed E-state index contributed by atoms with van der Waals surface area (Å²) in [6.07, 6.45) is -8.08. The highest BCUT2D eigenvalue weighted by atomic mass is 16.7. The van der Waals surface area contributed by atoms with Crippen molar-refractivity contribution in [2.75, 3.05) is 25.0 Å². The molecule has 27 nitrogen and oxygen atoms in total. The summed E-state index contributed by atoms with van der Waals surface area (Å²) in [5, 5.41) is 37.6. The number of imide groups is 1. The molecule has 13 atom stereocenters. The zero-order chi connectivity index (χ0) is 77.0. The van der Waals surface area contributed by atoms with Gasteiger partial charge < -0.3 is 70.4 Å². The number of amides is 6. The first-order chi connectivity index (χ1) is 51.1. The number of ether oxygens (including phenoxy) is 7. The number of Topliss-reactive ketones (excluding diaryl/α,β-unsaturated/α-hetero) is 1. The van der Waals surface area contributed by atoms with Crippen molar-refractivity contribution in [1.82, 2.24) is 20.9 Å². The van der Waals surface area contributed by atoms with Gasteiger partial charge in [0, 0.05) is 74.9 Å². The van der Waals surface area contributed by atoms with Gasteiger partial charge in [0.15, 0.2) is 23.6 Å². The maximum absolute atomic E-state index is 16.6. The number of rotatable bonds is 30. The van der Waals surface area contributed by atoms with Crippen LogP contribution in [0.5, 0.6) is 0 Å². The molecule has 0 spiro atoms. The third-order valence-corrected chi connectivity index (χ3v) is 21.0. The fourth-order valence-electron chi connectivity index (χ4n) is 15.3. The molecular formula is C80H90N6O21. The number of hydrogen-bond donors (Lipinski definition) is 7. The normalized spacial score (nSPS) is 24.3. The molecule has 0 aromatic heterocycles. The Morgan fingerprint density at radius 3 is 1.91 bits per heavy atom. The quantitative estimate of drug-likeness (QED) is 0.00811. The number of carbonyl (C=O) groups excluding carboxylic acids is 12. The molecule has 10 rings (SSSR count). The number of benzene rings is 5. The Morgan fingerprint density at radius 1 is 0.673 bits per heavy atom. The topological polar surface area (TPSA) is 387 Å². The molecule has 1 saturated heterocycles. The number of hydrogen-bond acceptors (Lipinski definition) is 22. The largest absolute Gasteiger partial charge is 0.508 e. The Bertz CT molecular complexity index is 4180. The van der Waals surface area contributed by atoms with Crippen LogP contribution in [0.4, 0.5) is 10.5 Å². The standard InChI is InChI=1S/C80H90N6O21/c1-47-58(104-75(98)66(92)65(52-26-14-8-15-27-52)85-71(94)53-28-16-9-17-29-53)44-80(100)70(106-74(97)54-30-18-10-19-31-54)68-78(6,69(93)67(103-48(2)87)64(47)77(80,4)5)59(43-60-79(68,46-102-60)107-49(3)88)105-76(99)101-45-51-34-36-55(37-35-51)82-72(95)56(32-21-22-40-81)84-73(96)57(42-50-24-12-7-13-25-50)83-61(89)33-20-11-23-41-86-62(90)38-39-63(86)91/h7-10,12-19,24-31,34-39,56-60,65-68,70,92,100H,11,20-23,32-33,40-46,81H2,1-6H3,(H,82,95)(H,83,89)(H,84,96)(H,85,94)/t56-,57-,58-,59-,60+,65-,66+,67+,68-,70-,78+,79-,80+/m0/s1. The SMILES string of the molecule is CC(=O)O[C@H]1C(=O)[C@]2(C)[C@@H](OC(=O)OCc3ccc(NC(=O)[C@H](CCCCN)NC(=O)[C@H](Cc4ccccc4)NC(=O)CCCCCN4C(=O)C=CC4=O)cc3)C[C@H]3OC[C@@]3(OC(C)=O)[C@H]2[C@H](OC(=O)c2ccccc2)[C@]2(O)C[C@H](OC(=O)[C@H](O)[C@@H](NC(=O)c3ccccc3)c3ccccc3)C(C)=C1C2(C)C. The van der Waals surface area contributed by atoms with Crippen LogP contribution >= 0.6 is 0 Å². The second kappa shape index (κ2) is 34.2. The lowest BCUT2D eigenvalue weighted by Crippen LogP contribution is -2.82. The Morgan fingerprint density at radius 2 is 1.30 bits per heavy atom. The van der Waals surface area contributed by atoms with Crippen LogP contribution in [-0.2, 0) is 89.3 Å². The highest BCUT2D eigenvalue weighted by molar-refractivity contribution is 6.13. The molecule has 3 fully saturated rings. The Balaban J connectivity index is 0.901. The number of fused-ring (bicyclic) bond motifs is 5. The summed E-state index contributed by atoms with van der Waals surface area (Å²) >= 11 is 0. The van der Waals surface area contributed by atoms with Gasteiger partial charge in [0.2, 0.25) is 17.7 Å². The van der Waals surface area contributed by atoms with Crippen LogP contribution in [0, 0.1) is 16.7 Å². The first-order valence-corrected chi connectivity index (χ1v) is 35.7. The van der Waals surface area contributed by atoms with Gasteiger partial charge in [-0.05, 0) is 117 Å². The lowest BCUT2D eigenvalue weighted by Gasteiger charge is -2.67. The smallest absolute Gasteiger partial charge is 0.456 e.